The number of nitrogens with one attached hydrogen (secondary N) is 1. The first kappa shape index (κ1) is 10.5. The van der Waals surface area contributed by atoms with E-state index in [4.69, 9.17) is 5.11 Å². The molecular formula is C10H14BrNO. The molecule has 0 bridgehead atoms. The molecular weight excluding hydrogens is 230 g/mol. The van der Waals surface area contributed by atoms with Gasteiger partial charge in [-0.3, -0.25) is 0 Å². The van der Waals surface area contributed by atoms with Gasteiger partial charge < -0.3 is 10.4 Å². The standard InChI is InChI=1S/C10H14BrNO/c1-8(7-13)6-12-10-5-3-2-4-9(10)11/h2-5,8,12-13H,6-7H2,1H3. The molecule has 3 heteroatoms. The van der Waals surface area contributed by atoms with E-state index in [9.17, 15) is 0 Å². The number of para-hydroxylation sites is 1. The summed E-state index contributed by atoms with van der Waals surface area (Å²) in [5, 5.41) is 12.1. The van der Waals surface area contributed by atoms with E-state index in [1.807, 2.05) is 31.2 Å². The van der Waals surface area contributed by atoms with Crippen LogP contribution in [0.1, 0.15) is 6.92 Å². The van der Waals surface area contributed by atoms with Crippen LogP contribution in [0.15, 0.2) is 28.7 Å². The topological polar surface area (TPSA) is 32.3 Å². The van der Waals surface area contributed by atoms with Crippen molar-refractivity contribution >= 4 is 21.6 Å². The van der Waals surface area contributed by atoms with Gasteiger partial charge in [-0.1, -0.05) is 19.1 Å². The van der Waals surface area contributed by atoms with E-state index >= 15 is 0 Å². The van der Waals surface area contributed by atoms with Gasteiger partial charge in [0.15, 0.2) is 0 Å². The van der Waals surface area contributed by atoms with Gasteiger partial charge in [-0.25, -0.2) is 0 Å². The number of anilines is 1. The molecule has 0 saturated carbocycles. The zero-order chi connectivity index (χ0) is 9.68. The summed E-state index contributed by atoms with van der Waals surface area (Å²) in [6.45, 7) is 3.01. The van der Waals surface area contributed by atoms with E-state index in [0.717, 1.165) is 16.7 Å². The van der Waals surface area contributed by atoms with Crippen molar-refractivity contribution in [3.63, 3.8) is 0 Å². The largest absolute Gasteiger partial charge is 0.396 e. The Morgan fingerprint density at radius 3 is 2.77 bits per heavy atom. The molecule has 0 spiro atoms. The minimum absolute atomic E-state index is 0.220. The Hall–Kier alpha value is -0.540. The molecule has 0 radical (unpaired) electrons. The molecule has 13 heavy (non-hydrogen) atoms. The molecule has 0 aliphatic carbocycles. The SMILES string of the molecule is CC(CO)CNc1ccccc1Br. The zero-order valence-electron chi connectivity index (χ0n) is 7.63. The van der Waals surface area contributed by atoms with Crippen molar-refractivity contribution in [1.29, 1.82) is 0 Å². The Bertz CT molecular complexity index is 265. The lowest BCUT2D eigenvalue weighted by Gasteiger charge is -2.11. The quantitative estimate of drug-likeness (QED) is 0.852. The minimum atomic E-state index is 0.220. The summed E-state index contributed by atoms with van der Waals surface area (Å²) >= 11 is 3.44. The van der Waals surface area contributed by atoms with E-state index in [2.05, 4.69) is 21.2 Å². The monoisotopic (exact) mass is 243 g/mol. The van der Waals surface area contributed by atoms with Crippen LogP contribution in [0.25, 0.3) is 0 Å². The number of benzene rings is 1. The summed E-state index contributed by atoms with van der Waals surface area (Å²) in [5.41, 5.74) is 1.07. The van der Waals surface area contributed by atoms with Crippen LogP contribution >= 0.6 is 15.9 Å². The van der Waals surface area contributed by atoms with Crippen molar-refractivity contribution in [2.75, 3.05) is 18.5 Å². The molecule has 1 aromatic rings. The molecule has 1 unspecified atom stereocenters. The first-order valence-corrected chi connectivity index (χ1v) is 5.12. The van der Waals surface area contributed by atoms with E-state index < -0.39 is 0 Å². The first-order valence-electron chi connectivity index (χ1n) is 4.33. The number of hydrogen-bond donors (Lipinski definition) is 2. The Labute approximate surface area is 87.1 Å². The lowest BCUT2D eigenvalue weighted by Crippen LogP contribution is -2.14. The molecule has 2 nitrogen and oxygen atoms in total. The summed E-state index contributed by atoms with van der Waals surface area (Å²) < 4.78 is 1.06. The fraction of sp³-hybridized carbons (Fsp3) is 0.400. The molecule has 0 heterocycles. The summed E-state index contributed by atoms with van der Waals surface area (Å²) in [4.78, 5) is 0. The molecule has 0 fully saturated rings. The van der Waals surface area contributed by atoms with Gasteiger partial charge >= 0.3 is 0 Å². The highest BCUT2D eigenvalue weighted by Gasteiger charge is 2.01. The highest BCUT2D eigenvalue weighted by Crippen LogP contribution is 2.21. The maximum Gasteiger partial charge on any atom is 0.0484 e. The Morgan fingerprint density at radius 2 is 2.15 bits per heavy atom. The number of halogens is 1. The van der Waals surface area contributed by atoms with Gasteiger partial charge in [0.2, 0.25) is 0 Å². The molecule has 72 valence electrons. The van der Waals surface area contributed by atoms with Gasteiger partial charge in [0.25, 0.3) is 0 Å². The fourth-order valence-corrected chi connectivity index (χ4v) is 1.38. The lowest BCUT2D eigenvalue weighted by atomic mass is 10.2. The van der Waals surface area contributed by atoms with Crippen molar-refractivity contribution in [1.82, 2.24) is 0 Å². The number of aliphatic hydroxyl groups is 1. The van der Waals surface area contributed by atoms with Crippen molar-refractivity contribution in [2.45, 2.75) is 6.92 Å². The number of hydrogen-bond acceptors (Lipinski definition) is 2. The van der Waals surface area contributed by atoms with Crippen molar-refractivity contribution in [3.05, 3.63) is 28.7 Å². The van der Waals surface area contributed by atoms with Gasteiger partial charge in [0.1, 0.15) is 0 Å². The average Bonchev–Trinajstić information content (AvgIpc) is 2.16. The highest BCUT2D eigenvalue weighted by atomic mass is 79.9. The van der Waals surface area contributed by atoms with Crippen LogP contribution < -0.4 is 5.32 Å². The fourth-order valence-electron chi connectivity index (χ4n) is 0.953. The smallest absolute Gasteiger partial charge is 0.0484 e. The zero-order valence-corrected chi connectivity index (χ0v) is 9.21. The van der Waals surface area contributed by atoms with Crippen molar-refractivity contribution in [3.8, 4) is 0 Å². The molecule has 2 N–H and O–H groups in total. The Balaban J connectivity index is 2.50. The summed E-state index contributed by atoms with van der Waals surface area (Å²) in [6.07, 6.45) is 0. The van der Waals surface area contributed by atoms with Crippen molar-refractivity contribution < 1.29 is 5.11 Å². The van der Waals surface area contributed by atoms with Crippen LogP contribution in [0.5, 0.6) is 0 Å². The van der Waals surface area contributed by atoms with Gasteiger partial charge in [0, 0.05) is 23.3 Å². The molecule has 0 aliphatic rings. The van der Waals surface area contributed by atoms with Crippen LogP contribution in [0, 0.1) is 5.92 Å². The molecule has 0 amide bonds. The minimum Gasteiger partial charge on any atom is -0.396 e. The van der Waals surface area contributed by atoms with Crippen LogP contribution in [0.4, 0.5) is 5.69 Å². The third-order valence-corrected chi connectivity index (χ3v) is 2.52. The van der Waals surface area contributed by atoms with Gasteiger partial charge in [0.05, 0.1) is 0 Å². The van der Waals surface area contributed by atoms with Crippen LogP contribution in [-0.2, 0) is 0 Å². The Kier molecular flexibility index (Phi) is 4.25. The second kappa shape index (κ2) is 5.25. The highest BCUT2D eigenvalue weighted by molar-refractivity contribution is 9.10. The van der Waals surface area contributed by atoms with E-state index in [1.54, 1.807) is 0 Å². The third kappa shape index (κ3) is 3.36. The number of rotatable bonds is 4. The van der Waals surface area contributed by atoms with Crippen LogP contribution in [0.3, 0.4) is 0 Å². The average molecular weight is 244 g/mol. The molecule has 1 atom stereocenters. The first-order chi connectivity index (χ1) is 6.24. The maximum absolute atomic E-state index is 8.83. The van der Waals surface area contributed by atoms with Crippen molar-refractivity contribution in [2.24, 2.45) is 5.92 Å². The van der Waals surface area contributed by atoms with E-state index in [1.165, 1.54) is 0 Å². The van der Waals surface area contributed by atoms with Crippen LogP contribution in [0.2, 0.25) is 0 Å². The normalized spacial score (nSPS) is 12.5. The molecule has 0 saturated heterocycles. The summed E-state index contributed by atoms with van der Waals surface area (Å²) in [6, 6.07) is 7.96. The molecule has 0 aromatic heterocycles. The third-order valence-electron chi connectivity index (χ3n) is 1.83. The second-order valence-electron chi connectivity index (χ2n) is 3.15. The number of aliphatic hydroxyl groups excluding tert-OH is 1. The van der Waals surface area contributed by atoms with Gasteiger partial charge in [-0.05, 0) is 34.0 Å². The van der Waals surface area contributed by atoms with E-state index in [0.29, 0.717) is 0 Å². The molecule has 1 rings (SSSR count). The summed E-state index contributed by atoms with van der Waals surface area (Å²) in [7, 11) is 0. The van der Waals surface area contributed by atoms with Crippen LogP contribution in [-0.4, -0.2) is 18.3 Å². The Morgan fingerprint density at radius 1 is 1.46 bits per heavy atom. The predicted molar refractivity (Wildman–Crippen MR) is 58.9 cm³/mol. The lowest BCUT2D eigenvalue weighted by molar-refractivity contribution is 0.244. The second-order valence-corrected chi connectivity index (χ2v) is 4.00. The predicted octanol–water partition coefficient (Wildman–Crippen LogP) is 2.49. The summed E-state index contributed by atoms with van der Waals surface area (Å²) in [5.74, 6) is 0.284. The van der Waals surface area contributed by atoms with Gasteiger partial charge in [-0.15, -0.1) is 0 Å². The maximum atomic E-state index is 8.83. The molecule has 0 aliphatic heterocycles. The van der Waals surface area contributed by atoms with Gasteiger partial charge in [-0.2, -0.15) is 0 Å². The molecule has 1 aromatic carbocycles. The van der Waals surface area contributed by atoms with E-state index in [-0.39, 0.29) is 12.5 Å².